The summed E-state index contributed by atoms with van der Waals surface area (Å²) in [6.45, 7) is 2.90. The molecule has 2 nitrogen and oxygen atoms in total. The molecule has 0 saturated carbocycles. The summed E-state index contributed by atoms with van der Waals surface area (Å²) in [6.07, 6.45) is 1.21. The van der Waals surface area contributed by atoms with E-state index in [0.29, 0.717) is 5.41 Å². The highest BCUT2D eigenvalue weighted by Crippen LogP contribution is 2.42. The SMILES string of the molecule is c1ccc2c(c1)NCCC21COC1. The van der Waals surface area contributed by atoms with Gasteiger partial charge >= 0.3 is 0 Å². The number of para-hydroxylation sites is 1. The molecule has 2 heterocycles. The third-order valence-corrected chi connectivity index (χ3v) is 3.17. The van der Waals surface area contributed by atoms with E-state index >= 15 is 0 Å². The van der Waals surface area contributed by atoms with E-state index < -0.39 is 0 Å². The molecule has 0 bridgehead atoms. The minimum Gasteiger partial charge on any atom is -0.385 e. The number of ether oxygens (including phenoxy) is 1. The van der Waals surface area contributed by atoms with Crippen LogP contribution in [0.2, 0.25) is 0 Å². The fourth-order valence-electron chi connectivity index (χ4n) is 2.32. The zero-order valence-electron chi connectivity index (χ0n) is 7.55. The normalized spacial score (nSPS) is 23.1. The predicted molar refractivity (Wildman–Crippen MR) is 52.0 cm³/mol. The van der Waals surface area contributed by atoms with Gasteiger partial charge in [-0.2, -0.15) is 0 Å². The molecular formula is C11H13NO. The van der Waals surface area contributed by atoms with E-state index in [2.05, 4.69) is 29.6 Å². The van der Waals surface area contributed by atoms with Crippen molar-refractivity contribution in [2.45, 2.75) is 11.8 Å². The number of rotatable bonds is 0. The lowest BCUT2D eigenvalue weighted by Gasteiger charge is -2.45. The molecule has 2 heteroatoms. The molecule has 1 spiro atoms. The summed E-state index contributed by atoms with van der Waals surface area (Å²) in [7, 11) is 0. The maximum absolute atomic E-state index is 5.34. The van der Waals surface area contributed by atoms with Gasteiger partial charge in [-0.1, -0.05) is 18.2 Å². The molecule has 0 atom stereocenters. The number of nitrogens with one attached hydrogen (secondary N) is 1. The Balaban J connectivity index is 2.11. The third kappa shape index (κ3) is 0.923. The molecule has 0 aromatic heterocycles. The van der Waals surface area contributed by atoms with Gasteiger partial charge in [0.05, 0.1) is 13.2 Å². The van der Waals surface area contributed by atoms with Gasteiger partial charge in [-0.3, -0.25) is 0 Å². The first-order valence-electron chi connectivity index (χ1n) is 4.82. The summed E-state index contributed by atoms with van der Waals surface area (Å²) in [4.78, 5) is 0. The Morgan fingerprint density at radius 1 is 1.23 bits per heavy atom. The van der Waals surface area contributed by atoms with Gasteiger partial charge in [-0.15, -0.1) is 0 Å². The Morgan fingerprint density at radius 2 is 2.08 bits per heavy atom. The average Bonchev–Trinajstić information content (AvgIpc) is 2.14. The van der Waals surface area contributed by atoms with Crippen molar-refractivity contribution in [1.29, 1.82) is 0 Å². The number of benzene rings is 1. The maximum Gasteiger partial charge on any atom is 0.0587 e. The molecule has 13 heavy (non-hydrogen) atoms. The Labute approximate surface area is 77.9 Å². The molecule has 3 rings (SSSR count). The molecule has 1 fully saturated rings. The fraction of sp³-hybridized carbons (Fsp3) is 0.455. The van der Waals surface area contributed by atoms with Gasteiger partial charge in [-0.05, 0) is 18.1 Å². The van der Waals surface area contributed by atoms with Gasteiger partial charge in [0.25, 0.3) is 0 Å². The highest BCUT2D eigenvalue weighted by atomic mass is 16.5. The summed E-state index contributed by atoms with van der Waals surface area (Å²) in [6, 6.07) is 8.59. The van der Waals surface area contributed by atoms with Crippen LogP contribution in [0.1, 0.15) is 12.0 Å². The van der Waals surface area contributed by atoms with Gasteiger partial charge in [0.15, 0.2) is 0 Å². The molecule has 1 aromatic carbocycles. The lowest BCUT2D eigenvalue weighted by atomic mass is 9.73. The molecule has 0 radical (unpaired) electrons. The van der Waals surface area contributed by atoms with Crippen LogP contribution in [0.3, 0.4) is 0 Å². The topological polar surface area (TPSA) is 21.3 Å². The molecule has 0 amide bonds. The van der Waals surface area contributed by atoms with E-state index in [1.807, 2.05) is 0 Å². The number of hydrogen-bond acceptors (Lipinski definition) is 2. The van der Waals surface area contributed by atoms with Crippen molar-refractivity contribution in [2.75, 3.05) is 25.1 Å². The maximum atomic E-state index is 5.34. The fourth-order valence-corrected chi connectivity index (χ4v) is 2.32. The van der Waals surface area contributed by atoms with Gasteiger partial charge in [0.1, 0.15) is 0 Å². The number of fused-ring (bicyclic) bond motifs is 2. The minimum atomic E-state index is 0.349. The Bertz CT molecular complexity index is 331. The number of anilines is 1. The largest absolute Gasteiger partial charge is 0.385 e. The second-order valence-electron chi connectivity index (χ2n) is 4.00. The Hall–Kier alpha value is -1.02. The quantitative estimate of drug-likeness (QED) is 0.649. The summed E-state index contributed by atoms with van der Waals surface area (Å²) in [5.41, 5.74) is 3.10. The average molecular weight is 175 g/mol. The summed E-state index contributed by atoms with van der Waals surface area (Å²) >= 11 is 0. The Kier molecular flexibility index (Phi) is 1.41. The first-order chi connectivity index (χ1) is 6.41. The zero-order chi connectivity index (χ0) is 8.73. The molecule has 1 aromatic rings. The second kappa shape index (κ2) is 2.48. The van der Waals surface area contributed by atoms with Gasteiger partial charge < -0.3 is 10.1 Å². The van der Waals surface area contributed by atoms with E-state index in [1.54, 1.807) is 0 Å². The smallest absolute Gasteiger partial charge is 0.0587 e. The van der Waals surface area contributed by atoms with E-state index in [1.165, 1.54) is 17.7 Å². The minimum absolute atomic E-state index is 0.349. The van der Waals surface area contributed by atoms with Crippen LogP contribution in [0.25, 0.3) is 0 Å². The van der Waals surface area contributed by atoms with Gasteiger partial charge in [-0.25, -0.2) is 0 Å². The van der Waals surface area contributed by atoms with Crippen molar-refractivity contribution < 1.29 is 4.74 Å². The van der Waals surface area contributed by atoms with E-state index in [0.717, 1.165) is 19.8 Å². The predicted octanol–water partition coefficient (Wildman–Crippen LogP) is 1.77. The molecule has 68 valence electrons. The van der Waals surface area contributed by atoms with Crippen LogP contribution in [0.5, 0.6) is 0 Å². The monoisotopic (exact) mass is 175 g/mol. The number of hydrogen-bond donors (Lipinski definition) is 1. The van der Waals surface area contributed by atoms with Crippen LogP contribution in [0, 0.1) is 0 Å². The van der Waals surface area contributed by atoms with Crippen LogP contribution in [-0.2, 0) is 10.2 Å². The molecule has 2 aliphatic rings. The molecule has 0 aliphatic carbocycles. The zero-order valence-corrected chi connectivity index (χ0v) is 7.55. The highest BCUT2D eigenvalue weighted by molar-refractivity contribution is 5.57. The van der Waals surface area contributed by atoms with Crippen molar-refractivity contribution in [1.82, 2.24) is 0 Å². The van der Waals surface area contributed by atoms with Gasteiger partial charge in [0.2, 0.25) is 0 Å². The van der Waals surface area contributed by atoms with Crippen LogP contribution in [0.15, 0.2) is 24.3 Å². The van der Waals surface area contributed by atoms with Crippen LogP contribution in [-0.4, -0.2) is 19.8 Å². The lowest BCUT2D eigenvalue weighted by Crippen LogP contribution is -2.50. The van der Waals surface area contributed by atoms with Crippen molar-refractivity contribution >= 4 is 5.69 Å². The van der Waals surface area contributed by atoms with E-state index in [4.69, 9.17) is 4.74 Å². The molecule has 2 aliphatic heterocycles. The van der Waals surface area contributed by atoms with Crippen molar-refractivity contribution in [3.8, 4) is 0 Å². The third-order valence-electron chi connectivity index (χ3n) is 3.17. The van der Waals surface area contributed by atoms with E-state index in [9.17, 15) is 0 Å². The second-order valence-corrected chi connectivity index (χ2v) is 4.00. The summed E-state index contributed by atoms with van der Waals surface area (Å²) < 4.78 is 5.34. The van der Waals surface area contributed by atoms with E-state index in [-0.39, 0.29) is 0 Å². The summed E-state index contributed by atoms with van der Waals surface area (Å²) in [5, 5.41) is 3.43. The summed E-state index contributed by atoms with van der Waals surface area (Å²) in [5.74, 6) is 0. The first kappa shape index (κ1) is 7.39. The van der Waals surface area contributed by atoms with Crippen LogP contribution in [0.4, 0.5) is 5.69 Å². The van der Waals surface area contributed by atoms with Crippen LogP contribution < -0.4 is 5.32 Å². The molecule has 1 N–H and O–H groups in total. The molecule has 1 saturated heterocycles. The highest BCUT2D eigenvalue weighted by Gasteiger charge is 2.43. The Morgan fingerprint density at radius 3 is 2.85 bits per heavy atom. The van der Waals surface area contributed by atoms with Crippen molar-refractivity contribution in [2.24, 2.45) is 0 Å². The lowest BCUT2D eigenvalue weighted by molar-refractivity contribution is -0.0638. The van der Waals surface area contributed by atoms with Crippen molar-refractivity contribution in [3.05, 3.63) is 29.8 Å². The molecule has 0 unspecified atom stereocenters. The van der Waals surface area contributed by atoms with Gasteiger partial charge in [0, 0.05) is 17.6 Å². The molecular weight excluding hydrogens is 162 g/mol. The van der Waals surface area contributed by atoms with Crippen LogP contribution >= 0.6 is 0 Å². The standard InChI is InChI=1S/C11H13NO/c1-2-4-10-9(3-1)11(5-6-12-10)7-13-8-11/h1-4,12H,5-8H2. The first-order valence-corrected chi connectivity index (χ1v) is 4.82. The van der Waals surface area contributed by atoms with Crippen molar-refractivity contribution in [3.63, 3.8) is 0 Å².